The normalized spacial score (nSPS) is 14.8. The van der Waals surface area contributed by atoms with Crippen LogP contribution < -0.4 is 0 Å². The van der Waals surface area contributed by atoms with Gasteiger partial charge in [0, 0.05) is 0 Å². The maximum absolute atomic E-state index is 2.39. The molecule has 1 unspecified atom stereocenters. The molecule has 0 saturated carbocycles. The van der Waals surface area contributed by atoms with Crippen LogP contribution >= 0.6 is 0 Å². The largest absolute Gasteiger partial charge is 0.0885 e. The lowest BCUT2D eigenvalue weighted by atomic mass is 9.78. The highest BCUT2D eigenvalue weighted by molar-refractivity contribution is 4.88. The van der Waals surface area contributed by atoms with Crippen molar-refractivity contribution in [2.45, 2.75) is 80.1 Å². The molecule has 0 rings (SSSR count). The minimum Gasteiger partial charge on any atom is -0.0885 e. The van der Waals surface area contributed by atoms with Gasteiger partial charge in [0.15, 0.2) is 0 Å². The molecule has 1 atom stereocenters. The Balaban J connectivity index is 3.62. The zero-order chi connectivity index (χ0) is 13.3. The first-order chi connectivity index (χ1) is 7.90. The van der Waals surface area contributed by atoms with E-state index in [9.17, 15) is 0 Å². The first kappa shape index (κ1) is 16.7. The maximum Gasteiger partial charge on any atom is -0.0297 e. The van der Waals surface area contributed by atoms with E-state index < -0.39 is 0 Å². The number of hydrogen-bond acceptors (Lipinski definition) is 0. The Labute approximate surface area is 110 Å². The van der Waals surface area contributed by atoms with E-state index in [-0.39, 0.29) is 0 Å². The first-order valence-corrected chi connectivity index (χ1v) is 7.55. The molecule has 0 nitrogen and oxygen atoms in total. The third kappa shape index (κ3) is 8.46. The van der Waals surface area contributed by atoms with Gasteiger partial charge < -0.3 is 0 Å². The fourth-order valence-corrected chi connectivity index (χ4v) is 1.96. The van der Waals surface area contributed by atoms with Gasteiger partial charge in [0.25, 0.3) is 0 Å². The van der Waals surface area contributed by atoms with Gasteiger partial charge in [-0.15, -0.1) is 0 Å². The molecule has 102 valence electrons. The number of hydrogen-bond donors (Lipinski definition) is 0. The van der Waals surface area contributed by atoms with E-state index >= 15 is 0 Å². The molecule has 17 heavy (non-hydrogen) atoms. The minimum absolute atomic E-state index is 0.450. The van der Waals surface area contributed by atoms with Gasteiger partial charge in [0.1, 0.15) is 0 Å². The molecule has 0 spiro atoms. The lowest BCUT2D eigenvalue weighted by Crippen LogP contribution is -2.17. The highest BCUT2D eigenvalue weighted by Gasteiger charge is 2.19. The second-order valence-electron chi connectivity index (χ2n) is 6.64. The summed E-state index contributed by atoms with van der Waals surface area (Å²) in [7, 11) is 0. The van der Waals surface area contributed by atoms with Crippen molar-refractivity contribution in [2.75, 3.05) is 0 Å². The van der Waals surface area contributed by atoms with Crippen LogP contribution in [0, 0.1) is 17.3 Å². The van der Waals surface area contributed by atoms with Gasteiger partial charge in [-0.3, -0.25) is 0 Å². The molecule has 0 aromatic carbocycles. The van der Waals surface area contributed by atoms with Crippen LogP contribution in [-0.2, 0) is 0 Å². The predicted molar refractivity (Wildman–Crippen MR) is 80.3 cm³/mol. The summed E-state index contributed by atoms with van der Waals surface area (Å²) in [5, 5.41) is 0. The summed E-state index contributed by atoms with van der Waals surface area (Å²) in [6.45, 7) is 14.0. The summed E-state index contributed by atoms with van der Waals surface area (Å²) in [6.07, 6.45) is 12.7. The zero-order valence-corrected chi connectivity index (χ0v) is 13.1. The summed E-state index contributed by atoms with van der Waals surface area (Å²) in [5.74, 6) is 1.68. The minimum atomic E-state index is 0.450. The van der Waals surface area contributed by atoms with Crippen molar-refractivity contribution in [3.05, 3.63) is 12.2 Å². The predicted octanol–water partition coefficient (Wildman–Crippen LogP) is 6.22. The Morgan fingerprint density at radius 2 is 1.65 bits per heavy atom. The monoisotopic (exact) mass is 238 g/mol. The summed E-state index contributed by atoms with van der Waals surface area (Å²) in [4.78, 5) is 0. The summed E-state index contributed by atoms with van der Waals surface area (Å²) in [6, 6.07) is 0. The topological polar surface area (TPSA) is 0 Å². The van der Waals surface area contributed by atoms with E-state index in [2.05, 4.69) is 53.7 Å². The van der Waals surface area contributed by atoms with Gasteiger partial charge in [-0.05, 0) is 36.5 Å². The highest BCUT2D eigenvalue weighted by atomic mass is 14.2. The van der Waals surface area contributed by atoms with E-state index in [0.717, 1.165) is 11.8 Å². The van der Waals surface area contributed by atoms with Gasteiger partial charge in [0.05, 0.1) is 0 Å². The van der Waals surface area contributed by atoms with Gasteiger partial charge in [-0.2, -0.15) is 0 Å². The fourth-order valence-electron chi connectivity index (χ4n) is 1.96. The smallest absolute Gasteiger partial charge is 0.0297 e. The molecule has 0 heteroatoms. The van der Waals surface area contributed by atoms with Crippen LogP contribution in [0.3, 0.4) is 0 Å². The van der Waals surface area contributed by atoms with Crippen LogP contribution in [0.2, 0.25) is 0 Å². The molecule has 0 fully saturated rings. The standard InChI is InChI=1S/C17H34/c1-7-12-16(4)13-10-8-9-11-14-17(5,6)15(2)3/h9,11,15-16H,7-8,10,12-14H2,1-6H3. The Kier molecular flexibility index (Phi) is 8.64. The average Bonchev–Trinajstić information content (AvgIpc) is 2.23. The summed E-state index contributed by atoms with van der Waals surface area (Å²) in [5.41, 5.74) is 0.450. The third-order valence-corrected chi connectivity index (χ3v) is 4.22. The Morgan fingerprint density at radius 3 is 2.18 bits per heavy atom. The molecular formula is C17H34. The molecule has 0 amide bonds. The van der Waals surface area contributed by atoms with Crippen LogP contribution in [-0.4, -0.2) is 0 Å². The Bertz CT molecular complexity index is 198. The fraction of sp³-hybridized carbons (Fsp3) is 0.882. The molecule has 0 aliphatic rings. The second kappa shape index (κ2) is 8.78. The SMILES string of the molecule is CCCC(C)CCCC=CCC(C)(C)C(C)C. The molecule has 0 saturated heterocycles. The first-order valence-electron chi connectivity index (χ1n) is 7.55. The van der Waals surface area contributed by atoms with Crippen molar-refractivity contribution < 1.29 is 0 Å². The Hall–Kier alpha value is -0.260. The van der Waals surface area contributed by atoms with Gasteiger partial charge >= 0.3 is 0 Å². The van der Waals surface area contributed by atoms with Crippen molar-refractivity contribution in [2.24, 2.45) is 17.3 Å². The molecule has 0 aromatic heterocycles. The van der Waals surface area contributed by atoms with Crippen LogP contribution in [0.1, 0.15) is 80.1 Å². The van der Waals surface area contributed by atoms with Crippen molar-refractivity contribution in [1.29, 1.82) is 0 Å². The maximum atomic E-state index is 2.39. The van der Waals surface area contributed by atoms with Crippen LogP contribution in [0.5, 0.6) is 0 Å². The van der Waals surface area contributed by atoms with Crippen molar-refractivity contribution in [3.8, 4) is 0 Å². The van der Waals surface area contributed by atoms with E-state index in [1.54, 1.807) is 0 Å². The van der Waals surface area contributed by atoms with Crippen LogP contribution in [0.15, 0.2) is 12.2 Å². The number of allylic oxidation sites excluding steroid dienone is 2. The molecule has 0 N–H and O–H groups in total. The second-order valence-corrected chi connectivity index (χ2v) is 6.64. The molecule has 0 aliphatic heterocycles. The van der Waals surface area contributed by atoms with Crippen molar-refractivity contribution >= 4 is 0 Å². The zero-order valence-electron chi connectivity index (χ0n) is 13.1. The highest BCUT2D eigenvalue weighted by Crippen LogP contribution is 2.30. The van der Waals surface area contributed by atoms with Crippen LogP contribution in [0.4, 0.5) is 0 Å². The van der Waals surface area contributed by atoms with E-state index in [0.29, 0.717) is 5.41 Å². The molecule has 0 heterocycles. The van der Waals surface area contributed by atoms with Crippen LogP contribution in [0.25, 0.3) is 0 Å². The molecular weight excluding hydrogens is 204 g/mol. The average molecular weight is 238 g/mol. The van der Waals surface area contributed by atoms with Crippen molar-refractivity contribution in [3.63, 3.8) is 0 Å². The molecule has 0 aliphatic carbocycles. The van der Waals surface area contributed by atoms with E-state index in [4.69, 9.17) is 0 Å². The lowest BCUT2D eigenvalue weighted by Gasteiger charge is -2.27. The number of unbranched alkanes of at least 4 members (excludes halogenated alkanes) is 1. The quantitative estimate of drug-likeness (QED) is 0.330. The molecule has 0 radical (unpaired) electrons. The molecule has 0 bridgehead atoms. The number of rotatable bonds is 9. The van der Waals surface area contributed by atoms with Gasteiger partial charge in [0.2, 0.25) is 0 Å². The lowest BCUT2D eigenvalue weighted by molar-refractivity contribution is 0.253. The third-order valence-electron chi connectivity index (χ3n) is 4.22. The van der Waals surface area contributed by atoms with E-state index in [1.807, 2.05) is 0 Å². The van der Waals surface area contributed by atoms with Gasteiger partial charge in [-0.1, -0.05) is 73.0 Å². The van der Waals surface area contributed by atoms with Gasteiger partial charge in [-0.25, -0.2) is 0 Å². The Morgan fingerprint density at radius 1 is 1.00 bits per heavy atom. The summed E-state index contributed by atoms with van der Waals surface area (Å²) >= 11 is 0. The van der Waals surface area contributed by atoms with Crippen molar-refractivity contribution in [1.82, 2.24) is 0 Å². The van der Waals surface area contributed by atoms with E-state index in [1.165, 1.54) is 38.5 Å². The molecule has 0 aromatic rings. The summed E-state index contributed by atoms with van der Waals surface area (Å²) < 4.78 is 0.